The Balaban J connectivity index is 1.96. The molecule has 0 amide bonds. The van der Waals surface area contributed by atoms with Gasteiger partial charge >= 0.3 is 0 Å². The molecule has 2 bridgehead atoms. The van der Waals surface area contributed by atoms with Crippen molar-refractivity contribution in [3.8, 4) is 24.0 Å². The predicted octanol–water partition coefficient (Wildman–Crippen LogP) is 3.59. The van der Waals surface area contributed by atoms with Gasteiger partial charge in [-0.15, -0.1) is 0 Å². The van der Waals surface area contributed by atoms with Crippen LogP contribution in [0.4, 0.5) is 0 Å². The van der Waals surface area contributed by atoms with Crippen LogP contribution < -0.4 is 4.74 Å². The summed E-state index contributed by atoms with van der Waals surface area (Å²) in [5, 5.41) is 39.2. The number of nitrogens with zero attached hydrogens (tertiary/aromatic N) is 3. The van der Waals surface area contributed by atoms with Gasteiger partial charge in [0.05, 0.1) is 31.2 Å². The van der Waals surface area contributed by atoms with Crippen LogP contribution >= 0.6 is 0 Å². The van der Waals surface area contributed by atoms with Crippen molar-refractivity contribution in [3.05, 3.63) is 29.8 Å². The van der Waals surface area contributed by atoms with E-state index < -0.39 is 28.6 Å². The normalized spacial score (nSPS) is 35.3. The smallest absolute Gasteiger partial charge is 0.217 e. The highest BCUT2D eigenvalue weighted by Gasteiger charge is 2.80. The summed E-state index contributed by atoms with van der Waals surface area (Å²) in [5.74, 6) is -1.35. The zero-order valence-electron chi connectivity index (χ0n) is 15.6. The van der Waals surface area contributed by atoms with E-state index in [2.05, 4.69) is 18.2 Å². The third-order valence-electron chi connectivity index (χ3n) is 6.48. The Morgan fingerprint density at radius 2 is 1.79 bits per heavy atom. The van der Waals surface area contributed by atoms with Gasteiger partial charge in [0.15, 0.2) is 5.41 Å². The van der Waals surface area contributed by atoms with Crippen molar-refractivity contribution in [2.75, 3.05) is 7.11 Å². The number of hydrogen-bond acceptors (Lipinski definition) is 7. The molecule has 7 heteroatoms. The minimum absolute atomic E-state index is 0.319. The molecule has 28 heavy (non-hydrogen) atoms. The highest BCUT2D eigenvalue weighted by molar-refractivity contribution is 5.89. The molecule has 142 valence electrons. The maximum Gasteiger partial charge on any atom is 0.217 e. The number of hydrogen-bond donors (Lipinski definition) is 1. The van der Waals surface area contributed by atoms with Crippen LogP contribution in [0.5, 0.6) is 5.75 Å². The molecule has 4 rings (SSSR count). The second-order valence-corrected chi connectivity index (χ2v) is 7.62. The molecule has 7 nitrogen and oxygen atoms in total. The number of methoxy groups -OCH3 is 1. The predicted molar refractivity (Wildman–Crippen MR) is 96.6 cm³/mol. The molecule has 0 spiro atoms. The van der Waals surface area contributed by atoms with Gasteiger partial charge in [-0.1, -0.05) is 25.0 Å². The van der Waals surface area contributed by atoms with Gasteiger partial charge in [-0.3, -0.25) is 5.41 Å². The molecule has 3 aliphatic rings. The molecule has 1 aromatic carbocycles. The number of benzene rings is 1. The minimum Gasteiger partial charge on any atom is -0.497 e. The van der Waals surface area contributed by atoms with E-state index in [4.69, 9.17) is 19.6 Å². The molecular formula is C21H20N4O3. The summed E-state index contributed by atoms with van der Waals surface area (Å²) in [5.41, 5.74) is -2.96. The fourth-order valence-electron chi connectivity index (χ4n) is 5.12. The molecule has 1 saturated carbocycles. The van der Waals surface area contributed by atoms with Crippen molar-refractivity contribution in [1.82, 2.24) is 0 Å². The first-order valence-corrected chi connectivity index (χ1v) is 9.37. The number of nitriles is 3. The topological polar surface area (TPSA) is 123 Å². The van der Waals surface area contributed by atoms with Gasteiger partial charge in [0.1, 0.15) is 11.9 Å². The van der Waals surface area contributed by atoms with Gasteiger partial charge in [0.25, 0.3) is 0 Å². The fourth-order valence-corrected chi connectivity index (χ4v) is 5.12. The maximum atomic E-state index is 10.3. The average molecular weight is 376 g/mol. The lowest BCUT2D eigenvalue weighted by Crippen LogP contribution is -2.59. The van der Waals surface area contributed by atoms with Crippen molar-refractivity contribution in [2.45, 2.75) is 44.0 Å². The lowest BCUT2D eigenvalue weighted by Gasteiger charge is -2.49. The van der Waals surface area contributed by atoms with E-state index >= 15 is 0 Å². The minimum atomic E-state index is -1.89. The lowest BCUT2D eigenvalue weighted by atomic mass is 9.52. The number of nitrogens with one attached hydrogen (secondary N) is 1. The van der Waals surface area contributed by atoms with E-state index in [9.17, 15) is 15.8 Å². The Hall–Kier alpha value is -3.08. The van der Waals surface area contributed by atoms with Crippen molar-refractivity contribution in [1.29, 1.82) is 21.2 Å². The van der Waals surface area contributed by atoms with Gasteiger partial charge in [-0.25, -0.2) is 0 Å². The Bertz CT molecular complexity index is 924. The summed E-state index contributed by atoms with van der Waals surface area (Å²) in [7, 11) is 1.55. The quantitative estimate of drug-likeness (QED) is 0.841. The van der Waals surface area contributed by atoms with Crippen LogP contribution in [0.25, 0.3) is 0 Å². The van der Waals surface area contributed by atoms with E-state index in [0.717, 1.165) is 19.3 Å². The molecule has 4 atom stereocenters. The molecule has 0 aromatic heterocycles. The molecule has 2 saturated heterocycles. The van der Waals surface area contributed by atoms with E-state index in [1.54, 1.807) is 31.4 Å². The zero-order chi connectivity index (χ0) is 20.0. The van der Waals surface area contributed by atoms with E-state index in [1.165, 1.54) is 0 Å². The molecule has 2 heterocycles. The maximum absolute atomic E-state index is 10.3. The molecule has 1 N–H and O–H groups in total. The average Bonchev–Trinajstić information content (AvgIpc) is 2.86. The molecular weight excluding hydrogens is 356 g/mol. The highest BCUT2D eigenvalue weighted by Crippen LogP contribution is 2.68. The first-order chi connectivity index (χ1) is 13.5. The second-order valence-electron chi connectivity index (χ2n) is 7.62. The second kappa shape index (κ2) is 6.23. The number of rotatable bonds is 2. The Kier molecular flexibility index (Phi) is 4.07. The van der Waals surface area contributed by atoms with E-state index in [-0.39, 0.29) is 5.90 Å². The van der Waals surface area contributed by atoms with Gasteiger partial charge in [-0.2, -0.15) is 15.8 Å². The van der Waals surface area contributed by atoms with E-state index in [0.29, 0.717) is 24.2 Å². The molecule has 2 aliphatic heterocycles. The van der Waals surface area contributed by atoms with E-state index in [1.807, 2.05) is 0 Å². The highest BCUT2D eigenvalue weighted by atomic mass is 16.7. The van der Waals surface area contributed by atoms with Crippen LogP contribution in [0.1, 0.15) is 43.8 Å². The fraction of sp³-hybridized carbons (Fsp3) is 0.524. The van der Waals surface area contributed by atoms with Crippen molar-refractivity contribution < 1.29 is 14.2 Å². The zero-order valence-corrected chi connectivity index (χ0v) is 15.6. The van der Waals surface area contributed by atoms with Crippen LogP contribution in [-0.2, 0) is 9.47 Å². The third-order valence-corrected chi connectivity index (χ3v) is 6.48. The molecule has 3 fully saturated rings. The summed E-state index contributed by atoms with van der Waals surface area (Å²) in [6.45, 7) is 0. The Morgan fingerprint density at radius 3 is 2.39 bits per heavy atom. The first kappa shape index (κ1) is 18.3. The Morgan fingerprint density at radius 1 is 1.07 bits per heavy atom. The van der Waals surface area contributed by atoms with Crippen molar-refractivity contribution in [3.63, 3.8) is 0 Å². The third kappa shape index (κ3) is 2.02. The Labute approximate surface area is 163 Å². The molecule has 4 unspecified atom stereocenters. The van der Waals surface area contributed by atoms with Gasteiger partial charge < -0.3 is 14.2 Å². The standard InChI is InChI=1S/C21H20N4O3/c1-26-15-8-6-14(7-9-15)17-19(11-22,12-23)20(13-24)16-5-3-2-4-10-21(16,27-17)28-18(20)25/h6-9,16-17,25H,2-5,10H2,1H3. The lowest BCUT2D eigenvalue weighted by molar-refractivity contribution is -0.284. The van der Waals surface area contributed by atoms with Gasteiger partial charge in [0.2, 0.25) is 17.1 Å². The van der Waals surface area contributed by atoms with Crippen LogP contribution in [-0.4, -0.2) is 18.8 Å². The van der Waals surface area contributed by atoms with Gasteiger partial charge in [-0.05, 0) is 30.5 Å². The first-order valence-electron chi connectivity index (χ1n) is 9.37. The van der Waals surface area contributed by atoms with Crippen LogP contribution in [0, 0.1) is 56.2 Å². The summed E-state index contributed by atoms with van der Waals surface area (Å²) in [4.78, 5) is 0. The van der Waals surface area contributed by atoms with Gasteiger partial charge in [0, 0.05) is 6.42 Å². The van der Waals surface area contributed by atoms with Crippen LogP contribution in [0.3, 0.4) is 0 Å². The molecule has 1 aromatic rings. The summed E-state index contributed by atoms with van der Waals surface area (Å²) in [6, 6.07) is 13.3. The molecule has 1 aliphatic carbocycles. The number of ether oxygens (including phenoxy) is 3. The molecule has 0 radical (unpaired) electrons. The summed E-state index contributed by atoms with van der Waals surface area (Å²) < 4.78 is 17.5. The SMILES string of the molecule is COc1ccc(C2OC34CCCCCC3C(C#N)(C(=N)O4)C2(C#N)C#N)cc1. The summed E-state index contributed by atoms with van der Waals surface area (Å²) >= 11 is 0. The van der Waals surface area contributed by atoms with Crippen molar-refractivity contribution >= 4 is 5.90 Å². The monoisotopic (exact) mass is 376 g/mol. The largest absolute Gasteiger partial charge is 0.497 e. The van der Waals surface area contributed by atoms with Crippen LogP contribution in [0.2, 0.25) is 0 Å². The summed E-state index contributed by atoms with van der Waals surface area (Å²) in [6.07, 6.45) is 2.74. The van der Waals surface area contributed by atoms with Crippen molar-refractivity contribution in [2.24, 2.45) is 16.7 Å². The van der Waals surface area contributed by atoms with Crippen LogP contribution in [0.15, 0.2) is 24.3 Å².